The van der Waals surface area contributed by atoms with Crippen molar-refractivity contribution in [2.24, 2.45) is 0 Å². The molecule has 33 heavy (non-hydrogen) atoms. The number of nitrogens with one attached hydrogen (secondary N) is 1. The van der Waals surface area contributed by atoms with Crippen molar-refractivity contribution in [2.45, 2.75) is 45.8 Å². The zero-order chi connectivity index (χ0) is 25.0. The molecule has 0 heterocycles. The van der Waals surface area contributed by atoms with Gasteiger partial charge in [0.2, 0.25) is 21.8 Å². The molecule has 0 aliphatic heterocycles. The number of hydrogen-bond donors (Lipinski definition) is 1. The first-order valence-corrected chi connectivity index (χ1v) is 12.9. The molecule has 2 aromatic carbocycles. The van der Waals surface area contributed by atoms with Crippen molar-refractivity contribution < 1.29 is 18.0 Å². The van der Waals surface area contributed by atoms with E-state index in [2.05, 4.69) is 5.32 Å². The van der Waals surface area contributed by atoms with Crippen LogP contribution in [0.4, 0.5) is 5.69 Å². The molecule has 180 valence electrons. The number of carbonyl (C=O) groups is 2. The van der Waals surface area contributed by atoms with Crippen LogP contribution in [0.2, 0.25) is 10.0 Å². The third-order valence-corrected chi connectivity index (χ3v) is 6.61. The largest absolute Gasteiger partial charge is 0.350 e. The fourth-order valence-electron chi connectivity index (χ4n) is 3.09. The van der Waals surface area contributed by atoms with Crippen molar-refractivity contribution in [3.63, 3.8) is 0 Å². The first-order chi connectivity index (χ1) is 15.2. The van der Waals surface area contributed by atoms with Gasteiger partial charge in [0.25, 0.3) is 0 Å². The fraction of sp³-hybridized carbons (Fsp3) is 0.391. The third kappa shape index (κ3) is 7.91. The Bertz CT molecular complexity index is 1100. The number of rotatable bonds is 8. The van der Waals surface area contributed by atoms with Gasteiger partial charge in [0.15, 0.2) is 0 Å². The average molecular weight is 514 g/mol. The van der Waals surface area contributed by atoms with E-state index in [1.54, 1.807) is 6.92 Å². The smallest absolute Gasteiger partial charge is 0.244 e. The predicted octanol–water partition coefficient (Wildman–Crippen LogP) is 4.09. The zero-order valence-electron chi connectivity index (χ0n) is 19.3. The van der Waals surface area contributed by atoms with Crippen LogP contribution in [0.15, 0.2) is 48.5 Å². The Morgan fingerprint density at radius 2 is 1.64 bits per heavy atom. The Morgan fingerprint density at radius 1 is 1.03 bits per heavy atom. The minimum atomic E-state index is -3.84. The molecular weight excluding hydrogens is 485 g/mol. The van der Waals surface area contributed by atoms with E-state index < -0.39 is 34.1 Å². The van der Waals surface area contributed by atoms with Crippen LogP contribution >= 0.6 is 23.2 Å². The summed E-state index contributed by atoms with van der Waals surface area (Å²) in [7, 11) is -3.84. The Kier molecular flexibility index (Phi) is 8.79. The maximum Gasteiger partial charge on any atom is 0.244 e. The first kappa shape index (κ1) is 27.0. The van der Waals surface area contributed by atoms with Gasteiger partial charge < -0.3 is 10.2 Å². The monoisotopic (exact) mass is 513 g/mol. The number of carbonyl (C=O) groups excluding carboxylic acids is 2. The number of anilines is 1. The van der Waals surface area contributed by atoms with Gasteiger partial charge in [-0.3, -0.25) is 13.9 Å². The molecule has 0 aromatic heterocycles. The van der Waals surface area contributed by atoms with Gasteiger partial charge in [-0.2, -0.15) is 0 Å². The highest BCUT2D eigenvalue weighted by Gasteiger charge is 2.31. The average Bonchev–Trinajstić information content (AvgIpc) is 2.70. The highest BCUT2D eigenvalue weighted by molar-refractivity contribution is 7.92. The van der Waals surface area contributed by atoms with Crippen LogP contribution in [0.25, 0.3) is 0 Å². The molecular formula is C23H29Cl2N3O4S. The van der Waals surface area contributed by atoms with E-state index in [-0.39, 0.29) is 28.2 Å². The fourth-order valence-corrected chi connectivity index (χ4v) is 4.22. The second-order valence-electron chi connectivity index (χ2n) is 8.79. The molecule has 2 amide bonds. The van der Waals surface area contributed by atoms with Crippen molar-refractivity contribution in [1.82, 2.24) is 10.2 Å². The van der Waals surface area contributed by atoms with Gasteiger partial charge in [-0.1, -0.05) is 53.5 Å². The SMILES string of the molecule is C[C@@H](C(=O)NC(C)(C)C)N(Cc1ccccc1)C(=O)CN(c1ccc(Cl)c(Cl)c1)S(C)(=O)=O. The van der Waals surface area contributed by atoms with Crippen LogP contribution in [0.5, 0.6) is 0 Å². The molecule has 0 spiro atoms. The standard InChI is InChI=1S/C23H29Cl2N3O4S/c1-16(22(30)26-23(2,3)4)27(14-17-9-7-6-8-10-17)21(29)15-28(33(5,31)32)18-11-12-19(24)20(25)13-18/h6-13,16H,14-15H2,1-5H3,(H,26,30)/t16-/m0/s1. The minimum absolute atomic E-state index is 0.136. The molecule has 0 aliphatic carbocycles. The molecule has 0 saturated carbocycles. The van der Waals surface area contributed by atoms with Gasteiger partial charge in [-0.05, 0) is 51.5 Å². The molecule has 7 nitrogen and oxygen atoms in total. The van der Waals surface area contributed by atoms with Crippen molar-refractivity contribution in [3.05, 3.63) is 64.1 Å². The van der Waals surface area contributed by atoms with Gasteiger partial charge in [0.1, 0.15) is 12.6 Å². The number of halogens is 2. The molecule has 2 rings (SSSR count). The predicted molar refractivity (Wildman–Crippen MR) is 133 cm³/mol. The molecule has 0 radical (unpaired) electrons. The van der Waals surface area contributed by atoms with Crippen LogP contribution in [0.1, 0.15) is 33.3 Å². The maximum atomic E-state index is 13.4. The van der Waals surface area contributed by atoms with E-state index in [9.17, 15) is 18.0 Å². The molecule has 1 atom stereocenters. The number of amides is 2. The topological polar surface area (TPSA) is 86.8 Å². The molecule has 0 unspecified atom stereocenters. The number of sulfonamides is 1. The molecule has 10 heteroatoms. The Morgan fingerprint density at radius 3 is 2.15 bits per heavy atom. The van der Waals surface area contributed by atoms with Gasteiger partial charge in [0, 0.05) is 12.1 Å². The third-order valence-electron chi connectivity index (χ3n) is 4.73. The summed E-state index contributed by atoms with van der Waals surface area (Å²) in [5.41, 5.74) is 0.513. The van der Waals surface area contributed by atoms with Crippen molar-refractivity contribution in [2.75, 3.05) is 17.1 Å². The zero-order valence-corrected chi connectivity index (χ0v) is 21.6. The lowest BCUT2D eigenvalue weighted by Gasteiger charge is -2.33. The van der Waals surface area contributed by atoms with Crippen LogP contribution < -0.4 is 9.62 Å². The summed E-state index contributed by atoms with van der Waals surface area (Å²) in [4.78, 5) is 27.6. The summed E-state index contributed by atoms with van der Waals surface area (Å²) in [6.45, 7) is 6.78. The normalized spacial score (nSPS) is 12.7. The maximum absolute atomic E-state index is 13.4. The second kappa shape index (κ2) is 10.8. The van der Waals surface area contributed by atoms with Crippen molar-refractivity contribution >= 4 is 50.7 Å². The lowest BCUT2D eigenvalue weighted by molar-refractivity contribution is -0.140. The van der Waals surface area contributed by atoms with E-state index in [4.69, 9.17) is 23.2 Å². The number of nitrogens with zero attached hydrogens (tertiary/aromatic N) is 2. The number of hydrogen-bond acceptors (Lipinski definition) is 4. The summed E-state index contributed by atoms with van der Waals surface area (Å²) in [6, 6.07) is 12.7. The molecule has 0 bridgehead atoms. The Balaban J connectivity index is 2.40. The minimum Gasteiger partial charge on any atom is -0.350 e. The van der Waals surface area contributed by atoms with Crippen LogP contribution in [0, 0.1) is 0 Å². The molecule has 1 N–H and O–H groups in total. The van der Waals surface area contributed by atoms with E-state index in [1.165, 1.54) is 23.1 Å². The highest BCUT2D eigenvalue weighted by atomic mass is 35.5. The summed E-state index contributed by atoms with van der Waals surface area (Å²) in [5, 5.41) is 3.30. The molecule has 2 aromatic rings. The molecule has 0 saturated heterocycles. The van der Waals surface area contributed by atoms with E-state index in [0.29, 0.717) is 0 Å². The van der Waals surface area contributed by atoms with Gasteiger partial charge >= 0.3 is 0 Å². The molecule has 0 fully saturated rings. The van der Waals surface area contributed by atoms with Gasteiger partial charge in [-0.15, -0.1) is 0 Å². The van der Waals surface area contributed by atoms with Crippen molar-refractivity contribution in [1.29, 1.82) is 0 Å². The molecule has 0 aliphatic rings. The van der Waals surface area contributed by atoms with E-state index in [1.807, 2.05) is 51.1 Å². The second-order valence-corrected chi connectivity index (χ2v) is 11.5. The van der Waals surface area contributed by atoms with Crippen LogP contribution in [-0.4, -0.2) is 49.5 Å². The van der Waals surface area contributed by atoms with E-state index >= 15 is 0 Å². The van der Waals surface area contributed by atoms with Crippen molar-refractivity contribution in [3.8, 4) is 0 Å². The number of benzene rings is 2. The highest BCUT2D eigenvalue weighted by Crippen LogP contribution is 2.28. The first-order valence-electron chi connectivity index (χ1n) is 10.3. The van der Waals surface area contributed by atoms with Gasteiger partial charge in [0.05, 0.1) is 22.0 Å². The van der Waals surface area contributed by atoms with Crippen LogP contribution in [0.3, 0.4) is 0 Å². The van der Waals surface area contributed by atoms with Crippen LogP contribution in [-0.2, 0) is 26.2 Å². The summed E-state index contributed by atoms with van der Waals surface area (Å²) in [5.74, 6) is -0.876. The Hall–Kier alpha value is -2.29. The quantitative estimate of drug-likeness (QED) is 0.575. The Labute approximate surface area is 205 Å². The van der Waals surface area contributed by atoms with E-state index in [0.717, 1.165) is 16.1 Å². The van der Waals surface area contributed by atoms with Gasteiger partial charge in [-0.25, -0.2) is 8.42 Å². The lowest BCUT2D eigenvalue weighted by Crippen LogP contribution is -2.54. The lowest BCUT2D eigenvalue weighted by atomic mass is 10.1. The summed E-state index contributed by atoms with van der Waals surface area (Å²) >= 11 is 12.0. The summed E-state index contributed by atoms with van der Waals surface area (Å²) in [6.07, 6.45) is 1.00. The summed E-state index contributed by atoms with van der Waals surface area (Å²) < 4.78 is 26.0.